The highest BCUT2D eigenvalue weighted by Crippen LogP contribution is 2.41. The summed E-state index contributed by atoms with van der Waals surface area (Å²) in [7, 11) is 1.76. The van der Waals surface area contributed by atoms with Crippen LogP contribution in [0.5, 0.6) is 0 Å². The molecule has 0 bridgehead atoms. The quantitative estimate of drug-likeness (QED) is 0.219. The zero-order chi connectivity index (χ0) is 28.3. The van der Waals surface area contributed by atoms with Crippen LogP contribution in [0.15, 0.2) is 110 Å². The molecule has 0 aliphatic rings. The summed E-state index contributed by atoms with van der Waals surface area (Å²) in [6.45, 7) is 4.12. The Balaban J connectivity index is 1.97. The minimum atomic E-state index is -4.65. The van der Waals surface area contributed by atoms with E-state index in [9.17, 15) is 26.3 Å². The number of alkyl halides is 6. The second-order valence-corrected chi connectivity index (χ2v) is 9.16. The number of rotatable bonds is 8. The van der Waals surface area contributed by atoms with Gasteiger partial charge in [-0.3, -0.25) is 0 Å². The first-order chi connectivity index (χ1) is 18.4. The van der Waals surface area contributed by atoms with Crippen molar-refractivity contribution >= 4 is 11.4 Å². The Morgan fingerprint density at radius 3 is 1.59 bits per heavy atom. The Morgan fingerprint density at radius 2 is 1.13 bits per heavy atom. The maximum absolute atomic E-state index is 13.8. The Kier molecular flexibility index (Phi) is 7.77. The summed E-state index contributed by atoms with van der Waals surface area (Å²) in [5.74, 6) is 0. The first-order valence-electron chi connectivity index (χ1n) is 12.1. The number of benzene rings is 4. The van der Waals surface area contributed by atoms with Gasteiger partial charge in [0.05, 0.1) is 16.7 Å². The van der Waals surface area contributed by atoms with Crippen LogP contribution in [0.1, 0.15) is 33.4 Å². The van der Waals surface area contributed by atoms with Gasteiger partial charge in [-0.2, -0.15) is 26.3 Å². The minimum Gasteiger partial charge on any atom is -0.388 e. The molecule has 0 atom stereocenters. The van der Waals surface area contributed by atoms with Gasteiger partial charge in [0.15, 0.2) is 0 Å². The standard InChI is InChI=1S/C31H26F6N2/c1-21(23-14-16-28(38-2)17-15-23)39-29(20-22-8-4-3-5-9-22,24-10-6-12-26(18-24)30(32,33)34)25-11-7-13-27(19-25)31(35,36)37/h3-19,38-39H,1,20H2,2H3. The fourth-order valence-corrected chi connectivity index (χ4v) is 4.55. The van der Waals surface area contributed by atoms with Crippen molar-refractivity contribution < 1.29 is 26.3 Å². The van der Waals surface area contributed by atoms with Crippen molar-refractivity contribution in [2.24, 2.45) is 0 Å². The summed E-state index contributed by atoms with van der Waals surface area (Å²) in [5, 5.41) is 6.28. The van der Waals surface area contributed by atoms with E-state index in [0.717, 1.165) is 30.0 Å². The zero-order valence-corrected chi connectivity index (χ0v) is 21.0. The molecule has 4 aromatic rings. The van der Waals surface area contributed by atoms with Crippen LogP contribution in [0.4, 0.5) is 32.0 Å². The van der Waals surface area contributed by atoms with Crippen molar-refractivity contribution in [2.75, 3.05) is 12.4 Å². The molecular weight excluding hydrogens is 514 g/mol. The summed E-state index contributed by atoms with van der Waals surface area (Å²) in [6, 6.07) is 25.4. The van der Waals surface area contributed by atoms with E-state index in [4.69, 9.17) is 0 Å². The van der Waals surface area contributed by atoms with Crippen molar-refractivity contribution in [3.8, 4) is 0 Å². The predicted octanol–water partition coefficient (Wildman–Crippen LogP) is 8.51. The van der Waals surface area contributed by atoms with Crippen LogP contribution in [0, 0.1) is 0 Å². The molecule has 0 aliphatic carbocycles. The summed E-state index contributed by atoms with van der Waals surface area (Å²) < 4.78 is 82.9. The minimum absolute atomic E-state index is 0.0457. The molecule has 2 nitrogen and oxygen atoms in total. The van der Waals surface area contributed by atoms with Crippen LogP contribution in [-0.4, -0.2) is 7.05 Å². The molecule has 8 heteroatoms. The molecule has 39 heavy (non-hydrogen) atoms. The fourth-order valence-electron chi connectivity index (χ4n) is 4.55. The van der Waals surface area contributed by atoms with Crippen molar-refractivity contribution in [1.29, 1.82) is 0 Å². The lowest BCUT2D eigenvalue weighted by molar-refractivity contribution is -0.138. The third-order valence-electron chi connectivity index (χ3n) is 6.56. The van der Waals surface area contributed by atoms with Gasteiger partial charge in [0, 0.05) is 24.9 Å². The Morgan fingerprint density at radius 1 is 0.641 bits per heavy atom. The first kappa shape index (κ1) is 27.8. The van der Waals surface area contributed by atoms with E-state index in [2.05, 4.69) is 17.2 Å². The van der Waals surface area contributed by atoms with Crippen LogP contribution < -0.4 is 10.6 Å². The molecule has 4 aromatic carbocycles. The average Bonchev–Trinajstić information content (AvgIpc) is 2.92. The number of anilines is 1. The molecule has 0 saturated heterocycles. The van der Waals surface area contributed by atoms with Gasteiger partial charge in [0.2, 0.25) is 0 Å². The lowest BCUT2D eigenvalue weighted by Gasteiger charge is -2.39. The van der Waals surface area contributed by atoms with E-state index in [1.807, 2.05) is 0 Å². The van der Waals surface area contributed by atoms with Crippen LogP contribution in [0.2, 0.25) is 0 Å². The monoisotopic (exact) mass is 540 g/mol. The topological polar surface area (TPSA) is 24.1 Å². The summed E-state index contributed by atoms with van der Waals surface area (Å²) in [6.07, 6.45) is -9.26. The molecule has 0 fully saturated rings. The van der Waals surface area contributed by atoms with Gasteiger partial charge in [-0.05, 0) is 58.7 Å². The molecule has 0 amide bonds. The molecule has 0 unspecified atom stereocenters. The lowest BCUT2D eigenvalue weighted by atomic mass is 9.76. The highest BCUT2D eigenvalue weighted by Gasteiger charge is 2.40. The molecule has 0 saturated carbocycles. The highest BCUT2D eigenvalue weighted by molar-refractivity contribution is 5.66. The number of nitrogens with one attached hydrogen (secondary N) is 2. The lowest BCUT2D eigenvalue weighted by Crippen LogP contribution is -2.44. The molecule has 202 valence electrons. The largest absolute Gasteiger partial charge is 0.416 e. The van der Waals surface area contributed by atoms with Gasteiger partial charge in [0.1, 0.15) is 0 Å². The Bertz CT molecular complexity index is 1370. The highest BCUT2D eigenvalue weighted by atomic mass is 19.4. The van der Waals surface area contributed by atoms with Gasteiger partial charge < -0.3 is 10.6 Å². The van der Waals surface area contributed by atoms with Crippen LogP contribution >= 0.6 is 0 Å². The molecule has 0 heterocycles. The normalized spacial score (nSPS) is 12.2. The third-order valence-corrected chi connectivity index (χ3v) is 6.56. The number of hydrogen-bond acceptors (Lipinski definition) is 2. The smallest absolute Gasteiger partial charge is 0.388 e. The summed E-state index contributed by atoms with van der Waals surface area (Å²) >= 11 is 0. The van der Waals surface area contributed by atoms with Gasteiger partial charge in [-0.1, -0.05) is 73.3 Å². The van der Waals surface area contributed by atoms with Crippen molar-refractivity contribution in [3.05, 3.63) is 143 Å². The van der Waals surface area contributed by atoms with Crippen LogP contribution in [0.3, 0.4) is 0 Å². The molecule has 0 aliphatic heterocycles. The van der Waals surface area contributed by atoms with Gasteiger partial charge >= 0.3 is 12.4 Å². The van der Waals surface area contributed by atoms with E-state index >= 15 is 0 Å². The maximum atomic E-state index is 13.8. The molecule has 2 N–H and O–H groups in total. The second-order valence-electron chi connectivity index (χ2n) is 9.16. The fraction of sp³-hybridized carbons (Fsp3) is 0.161. The van der Waals surface area contributed by atoms with E-state index in [1.54, 1.807) is 61.6 Å². The first-order valence-corrected chi connectivity index (χ1v) is 12.1. The van der Waals surface area contributed by atoms with Crippen molar-refractivity contribution in [3.63, 3.8) is 0 Å². The van der Waals surface area contributed by atoms with Crippen molar-refractivity contribution in [2.45, 2.75) is 24.3 Å². The number of halogens is 6. The maximum Gasteiger partial charge on any atom is 0.416 e. The Hall–Kier alpha value is -4.20. The Labute approximate surface area is 223 Å². The average molecular weight is 541 g/mol. The van der Waals surface area contributed by atoms with Gasteiger partial charge in [-0.15, -0.1) is 0 Å². The van der Waals surface area contributed by atoms with Crippen LogP contribution in [-0.2, 0) is 24.3 Å². The number of hydrogen-bond donors (Lipinski definition) is 2. The molecular formula is C31H26F6N2. The van der Waals surface area contributed by atoms with Gasteiger partial charge in [0.25, 0.3) is 0 Å². The second kappa shape index (κ2) is 10.9. The molecule has 0 spiro atoms. The SMILES string of the molecule is C=C(NC(Cc1ccccc1)(c1cccc(C(F)(F)F)c1)c1cccc(C(F)(F)F)c1)c1ccc(NC)cc1. The van der Waals surface area contributed by atoms with E-state index in [-0.39, 0.29) is 17.5 Å². The summed E-state index contributed by atoms with van der Waals surface area (Å²) in [4.78, 5) is 0. The molecule has 0 aromatic heterocycles. The zero-order valence-electron chi connectivity index (χ0n) is 21.0. The molecule has 4 rings (SSSR count). The predicted molar refractivity (Wildman–Crippen MR) is 142 cm³/mol. The van der Waals surface area contributed by atoms with Crippen LogP contribution in [0.25, 0.3) is 5.70 Å². The third kappa shape index (κ3) is 6.28. The van der Waals surface area contributed by atoms with E-state index < -0.39 is 29.0 Å². The van der Waals surface area contributed by atoms with E-state index in [0.29, 0.717) is 16.8 Å². The van der Waals surface area contributed by atoms with Crippen molar-refractivity contribution in [1.82, 2.24) is 5.32 Å². The molecule has 0 radical (unpaired) electrons. The van der Waals surface area contributed by atoms with Gasteiger partial charge in [-0.25, -0.2) is 0 Å². The summed E-state index contributed by atoms with van der Waals surface area (Å²) in [5.41, 5.74) is -0.556. The van der Waals surface area contributed by atoms with E-state index in [1.165, 1.54) is 24.3 Å².